The summed E-state index contributed by atoms with van der Waals surface area (Å²) in [5, 5.41) is 4.88. The van der Waals surface area contributed by atoms with Gasteiger partial charge in [0.2, 0.25) is 5.91 Å². The van der Waals surface area contributed by atoms with E-state index in [0.29, 0.717) is 6.54 Å². The van der Waals surface area contributed by atoms with E-state index in [1.54, 1.807) is 6.20 Å². The first-order chi connectivity index (χ1) is 11.7. The summed E-state index contributed by atoms with van der Waals surface area (Å²) in [7, 11) is 0. The molecule has 2 heterocycles. The molecule has 0 fully saturated rings. The van der Waals surface area contributed by atoms with Crippen LogP contribution >= 0.6 is 11.6 Å². The van der Waals surface area contributed by atoms with E-state index in [1.165, 1.54) is 11.3 Å². The van der Waals surface area contributed by atoms with Gasteiger partial charge in [0.15, 0.2) is 0 Å². The van der Waals surface area contributed by atoms with Crippen molar-refractivity contribution in [3.8, 4) is 0 Å². The minimum Gasteiger partial charge on any atom is -0.358 e. The van der Waals surface area contributed by atoms with E-state index in [-0.39, 0.29) is 11.8 Å². The Morgan fingerprint density at radius 2 is 2.25 bits per heavy atom. The molecule has 5 heteroatoms. The predicted octanol–water partition coefficient (Wildman–Crippen LogP) is 3.64. The maximum atomic E-state index is 12.5. The monoisotopic (exact) mass is 339 g/mol. The first-order valence-corrected chi connectivity index (χ1v) is 8.55. The first-order valence-electron chi connectivity index (χ1n) is 8.17. The van der Waals surface area contributed by atoms with Crippen LogP contribution in [0.3, 0.4) is 0 Å². The van der Waals surface area contributed by atoms with Crippen molar-refractivity contribution in [1.82, 2.24) is 15.3 Å². The van der Waals surface area contributed by atoms with E-state index in [4.69, 9.17) is 11.6 Å². The second kappa shape index (κ2) is 6.29. The van der Waals surface area contributed by atoms with E-state index in [2.05, 4.69) is 15.3 Å². The van der Waals surface area contributed by atoms with E-state index in [9.17, 15) is 4.79 Å². The number of amides is 1. The molecule has 1 amide bonds. The molecule has 1 aliphatic rings. The molecule has 2 N–H and O–H groups in total. The van der Waals surface area contributed by atoms with Crippen molar-refractivity contribution in [2.24, 2.45) is 5.92 Å². The fourth-order valence-corrected chi connectivity index (χ4v) is 3.61. The maximum Gasteiger partial charge on any atom is 0.223 e. The van der Waals surface area contributed by atoms with Crippen LogP contribution in [0, 0.1) is 5.92 Å². The number of nitrogens with one attached hydrogen (secondary N) is 2. The van der Waals surface area contributed by atoms with Crippen molar-refractivity contribution in [2.75, 3.05) is 0 Å². The second-order valence-electron chi connectivity index (χ2n) is 6.25. The van der Waals surface area contributed by atoms with Crippen LogP contribution in [0.25, 0.3) is 10.9 Å². The molecule has 0 bridgehead atoms. The van der Waals surface area contributed by atoms with Gasteiger partial charge in [0, 0.05) is 33.7 Å². The number of carbonyl (C=O) groups excluding carboxylic acids is 1. The van der Waals surface area contributed by atoms with Gasteiger partial charge >= 0.3 is 0 Å². The van der Waals surface area contributed by atoms with Crippen molar-refractivity contribution in [3.05, 3.63) is 64.6 Å². The van der Waals surface area contributed by atoms with E-state index in [1.807, 2.05) is 36.4 Å². The Morgan fingerprint density at radius 3 is 3.08 bits per heavy atom. The molecule has 1 atom stereocenters. The summed E-state index contributed by atoms with van der Waals surface area (Å²) in [6.45, 7) is 0.475. The Hall–Kier alpha value is -2.33. The number of aromatic amines is 1. The van der Waals surface area contributed by atoms with E-state index >= 15 is 0 Å². The summed E-state index contributed by atoms with van der Waals surface area (Å²) in [6, 6.07) is 11.6. The van der Waals surface area contributed by atoms with Gasteiger partial charge in [0.05, 0.1) is 12.2 Å². The number of rotatable bonds is 3. The standard InChI is InChI=1S/C19H18ClN3O/c20-13-5-7-18-16(10-13)15-9-12(4-6-17(15)23-18)19(24)22-11-14-3-1-2-8-21-14/h1-3,5,7-8,10,12,23H,4,6,9,11H2,(H,22,24). The molecule has 2 aromatic heterocycles. The van der Waals surface area contributed by atoms with Crippen LogP contribution in [-0.2, 0) is 24.2 Å². The van der Waals surface area contributed by atoms with Crippen LogP contribution < -0.4 is 5.32 Å². The highest BCUT2D eigenvalue weighted by Crippen LogP contribution is 2.33. The number of aromatic nitrogens is 2. The Morgan fingerprint density at radius 1 is 1.33 bits per heavy atom. The molecule has 3 aromatic rings. The zero-order valence-electron chi connectivity index (χ0n) is 13.2. The third kappa shape index (κ3) is 2.89. The molecule has 24 heavy (non-hydrogen) atoms. The topological polar surface area (TPSA) is 57.8 Å². The molecule has 4 nitrogen and oxygen atoms in total. The van der Waals surface area contributed by atoms with Gasteiger partial charge in [0.25, 0.3) is 0 Å². The molecule has 0 saturated heterocycles. The molecule has 1 aliphatic carbocycles. The van der Waals surface area contributed by atoms with Crippen LogP contribution in [0.4, 0.5) is 0 Å². The van der Waals surface area contributed by atoms with Crippen LogP contribution in [-0.4, -0.2) is 15.9 Å². The highest BCUT2D eigenvalue weighted by molar-refractivity contribution is 6.31. The van der Waals surface area contributed by atoms with Gasteiger partial charge in [-0.25, -0.2) is 0 Å². The Kier molecular flexibility index (Phi) is 3.98. The lowest BCUT2D eigenvalue weighted by atomic mass is 9.86. The number of fused-ring (bicyclic) bond motifs is 3. The Balaban J connectivity index is 1.50. The number of hydrogen-bond donors (Lipinski definition) is 2. The SMILES string of the molecule is O=C(NCc1ccccn1)C1CCc2[nH]c3ccc(Cl)cc3c2C1. The van der Waals surface area contributed by atoms with Crippen molar-refractivity contribution < 1.29 is 4.79 Å². The van der Waals surface area contributed by atoms with E-state index < -0.39 is 0 Å². The average Bonchev–Trinajstić information content (AvgIpc) is 2.97. The predicted molar refractivity (Wildman–Crippen MR) is 94.9 cm³/mol. The number of pyridine rings is 1. The van der Waals surface area contributed by atoms with Crippen LogP contribution in [0.5, 0.6) is 0 Å². The number of hydrogen-bond acceptors (Lipinski definition) is 2. The van der Waals surface area contributed by atoms with Crippen LogP contribution in [0.2, 0.25) is 5.02 Å². The fraction of sp³-hybridized carbons (Fsp3) is 0.263. The van der Waals surface area contributed by atoms with E-state index in [0.717, 1.165) is 40.9 Å². The summed E-state index contributed by atoms with van der Waals surface area (Å²) >= 11 is 6.13. The first kappa shape index (κ1) is 15.2. The molecular weight excluding hydrogens is 322 g/mol. The molecule has 0 saturated carbocycles. The second-order valence-corrected chi connectivity index (χ2v) is 6.69. The number of carbonyl (C=O) groups is 1. The zero-order chi connectivity index (χ0) is 16.5. The molecule has 1 aromatic carbocycles. The number of benzene rings is 1. The third-order valence-corrected chi connectivity index (χ3v) is 4.93. The summed E-state index contributed by atoms with van der Waals surface area (Å²) in [6.07, 6.45) is 4.25. The van der Waals surface area contributed by atoms with Crippen molar-refractivity contribution in [1.29, 1.82) is 0 Å². The zero-order valence-corrected chi connectivity index (χ0v) is 13.9. The summed E-state index contributed by atoms with van der Waals surface area (Å²) in [5.74, 6) is 0.0990. The normalized spacial score (nSPS) is 16.8. The Labute approximate surface area is 145 Å². The van der Waals surface area contributed by atoms with Gasteiger partial charge in [-0.2, -0.15) is 0 Å². The molecule has 0 spiro atoms. The number of nitrogens with zero attached hydrogens (tertiary/aromatic N) is 1. The molecule has 0 radical (unpaired) electrons. The lowest BCUT2D eigenvalue weighted by Crippen LogP contribution is -2.33. The number of halogens is 1. The average molecular weight is 340 g/mol. The molecule has 122 valence electrons. The van der Waals surface area contributed by atoms with Crippen molar-refractivity contribution >= 4 is 28.4 Å². The van der Waals surface area contributed by atoms with Crippen molar-refractivity contribution in [2.45, 2.75) is 25.8 Å². The lowest BCUT2D eigenvalue weighted by Gasteiger charge is -2.21. The number of aryl methyl sites for hydroxylation is 1. The van der Waals surface area contributed by atoms with Gasteiger partial charge in [-0.1, -0.05) is 17.7 Å². The van der Waals surface area contributed by atoms with Gasteiger partial charge < -0.3 is 10.3 Å². The quantitative estimate of drug-likeness (QED) is 0.765. The van der Waals surface area contributed by atoms with Crippen molar-refractivity contribution in [3.63, 3.8) is 0 Å². The highest BCUT2D eigenvalue weighted by atomic mass is 35.5. The van der Waals surface area contributed by atoms with Gasteiger partial charge in [-0.15, -0.1) is 0 Å². The minimum atomic E-state index is -0.000746. The van der Waals surface area contributed by atoms with Crippen LogP contribution in [0.15, 0.2) is 42.6 Å². The minimum absolute atomic E-state index is 0.000746. The molecule has 1 unspecified atom stereocenters. The summed E-state index contributed by atoms with van der Waals surface area (Å²) in [4.78, 5) is 20.2. The Bertz CT molecular complexity index is 888. The summed E-state index contributed by atoms with van der Waals surface area (Å²) in [5.41, 5.74) is 4.44. The fourth-order valence-electron chi connectivity index (χ4n) is 3.44. The smallest absolute Gasteiger partial charge is 0.223 e. The van der Waals surface area contributed by atoms with Crippen LogP contribution in [0.1, 0.15) is 23.4 Å². The third-order valence-electron chi connectivity index (χ3n) is 4.69. The summed E-state index contributed by atoms with van der Waals surface area (Å²) < 4.78 is 0. The molecule has 4 rings (SSSR count). The maximum absolute atomic E-state index is 12.5. The van der Waals surface area contributed by atoms with Gasteiger partial charge in [0.1, 0.15) is 0 Å². The molecule has 0 aliphatic heterocycles. The lowest BCUT2D eigenvalue weighted by molar-refractivity contribution is -0.125. The highest BCUT2D eigenvalue weighted by Gasteiger charge is 2.27. The van der Waals surface area contributed by atoms with Gasteiger partial charge in [-0.3, -0.25) is 9.78 Å². The largest absolute Gasteiger partial charge is 0.358 e. The van der Waals surface area contributed by atoms with Gasteiger partial charge in [-0.05, 0) is 55.2 Å². The number of H-pyrrole nitrogens is 1. The molecular formula is C19H18ClN3O.